The molecule has 2 heterocycles. The summed E-state index contributed by atoms with van der Waals surface area (Å²) in [5, 5.41) is 8.45. The standard InChI is InChI=1S/C25H26N4O5/c1-17-4-5-18(15-21(17)28-25(32)22-3-2-12-34-22)24(31)27-20-8-6-19(7-9-20)26-23(30)16-29-10-13-33-14-11-29/h2-9,12,15H,10-11,13-14,16H2,1H3,(H,26,30)(H,27,31)(H,28,32). The zero-order valence-corrected chi connectivity index (χ0v) is 18.8. The SMILES string of the molecule is Cc1ccc(C(=O)Nc2ccc(NC(=O)CN3CCOCC3)cc2)cc1NC(=O)c1ccco1. The van der Waals surface area contributed by atoms with Gasteiger partial charge in [0.25, 0.3) is 11.8 Å². The number of rotatable bonds is 7. The average Bonchev–Trinajstić information content (AvgIpc) is 3.37. The van der Waals surface area contributed by atoms with Crippen molar-refractivity contribution in [3.05, 3.63) is 77.7 Å². The van der Waals surface area contributed by atoms with Crippen LogP contribution in [-0.4, -0.2) is 55.5 Å². The molecule has 9 nitrogen and oxygen atoms in total. The molecule has 9 heteroatoms. The topological polar surface area (TPSA) is 113 Å². The van der Waals surface area contributed by atoms with Crippen molar-refractivity contribution in [3.63, 3.8) is 0 Å². The molecule has 0 radical (unpaired) electrons. The van der Waals surface area contributed by atoms with Crippen molar-refractivity contribution in [2.75, 3.05) is 48.8 Å². The van der Waals surface area contributed by atoms with E-state index in [0.29, 0.717) is 42.4 Å². The Bertz CT molecular complexity index is 1150. The van der Waals surface area contributed by atoms with E-state index in [1.54, 1.807) is 54.6 Å². The van der Waals surface area contributed by atoms with Crippen molar-refractivity contribution < 1.29 is 23.5 Å². The van der Waals surface area contributed by atoms with Crippen LogP contribution in [0.1, 0.15) is 26.5 Å². The molecule has 0 bridgehead atoms. The minimum absolute atomic E-state index is 0.0949. The quantitative estimate of drug-likeness (QED) is 0.496. The molecule has 3 N–H and O–H groups in total. The number of nitrogens with one attached hydrogen (secondary N) is 3. The number of amides is 3. The fourth-order valence-electron chi connectivity index (χ4n) is 3.49. The van der Waals surface area contributed by atoms with Gasteiger partial charge in [-0.3, -0.25) is 19.3 Å². The van der Waals surface area contributed by atoms with Crippen LogP contribution in [-0.2, 0) is 9.53 Å². The Labute approximate surface area is 197 Å². The minimum Gasteiger partial charge on any atom is -0.459 e. The molecule has 4 rings (SSSR count). The van der Waals surface area contributed by atoms with Crippen LogP contribution in [0, 0.1) is 6.92 Å². The molecule has 2 aromatic carbocycles. The van der Waals surface area contributed by atoms with Gasteiger partial charge in [-0.1, -0.05) is 6.07 Å². The van der Waals surface area contributed by atoms with Gasteiger partial charge < -0.3 is 25.1 Å². The molecule has 176 valence electrons. The third kappa shape index (κ3) is 6.09. The second-order valence-electron chi connectivity index (χ2n) is 7.93. The summed E-state index contributed by atoms with van der Waals surface area (Å²) in [7, 11) is 0. The first-order chi connectivity index (χ1) is 16.5. The van der Waals surface area contributed by atoms with Gasteiger partial charge >= 0.3 is 0 Å². The number of aryl methyl sites for hydroxylation is 1. The van der Waals surface area contributed by atoms with Gasteiger partial charge in [-0.15, -0.1) is 0 Å². The third-order valence-corrected chi connectivity index (χ3v) is 5.39. The Morgan fingerprint density at radius 2 is 1.59 bits per heavy atom. The molecule has 3 amide bonds. The maximum Gasteiger partial charge on any atom is 0.291 e. The fourth-order valence-corrected chi connectivity index (χ4v) is 3.49. The van der Waals surface area contributed by atoms with Gasteiger partial charge in [-0.25, -0.2) is 0 Å². The number of hydrogen-bond donors (Lipinski definition) is 3. The Hall–Kier alpha value is -3.95. The number of anilines is 3. The molecule has 1 aliphatic rings. The highest BCUT2D eigenvalue weighted by molar-refractivity contribution is 6.07. The molecular weight excluding hydrogens is 436 g/mol. The van der Waals surface area contributed by atoms with Gasteiger partial charge in [0.1, 0.15) is 0 Å². The van der Waals surface area contributed by atoms with Crippen molar-refractivity contribution >= 4 is 34.8 Å². The van der Waals surface area contributed by atoms with E-state index < -0.39 is 5.91 Å². The zero-order valence-electron chi connectivity index (χ0n) is 18.8. The highest BCUT2D eigenvalue weighted by atomic mass is 16.5. The monoisotopic (exact) mass is 462 g/mol. The van der Waals surface area contributed by atoms with Crippen LogP contribution in [0.25, 0.3) is 0 Å². The van der Waals surface area contributed by atoms with Crippen LogP contribution >= 0.6 is 0 Å². The van der Waals surface area contributed by atoms with E-state index in [4.69, 9.17) is 9.15 Å². The Morgan fingerprint density at radius 3 is 2.26 bits per heavy atom. The summed E-state index contributed by atoms with van der Waals surface area (Å²) in [6, 6.07) is 15.2. The van der Waals surface area contributed by atoms with Gasteiger partial charge in [-0.2, -0.15) is 0 Å². The van der Waals surface area contributed by atoms with Gasteiger partial charge in [0.05, 0.1) is 26.0 Å². The highest BCUT2D eigenvalue weighted by Crippen LogP contribution is 2.20. The second-order valence-corrected chi connectivity index (χ2v) is 7.93. The van der Waals surface area contributed by atoms with E-state index >= 15 is 0 Å². The predicted molar refractivity (Wildman–Crippen MR) is 128 cm³/mol. The number of morpholine rings is 1. The van der Waals surface area contributed by atoms with Gasteiger partial charge in [0.2, 0.25) is 5.91 Å². The first kappa shape index (κ1) is 23.2. The number of hydrogen-bond acceptors (Lipinski definition) is 6. The lowest BCUT2D eigenvalue weighted by Crippen LogP contribution is -2.41. The van der Waals surface area contributed by atoms with E-state index in [1.165, 1.54) is 6.26 Å². The average molecular weight is 463 g/mol. The lowest BCUT2D eigenvalue weighted by Gasteiger charge is -2.25. The summed E-state index contributed by atoms with van der Waals surface area (Å²) in [5.41, 5.74) is 2.96. The molecule has 0 atom stereocenters. The maximum atomic E-state index is 12.7. The molecular formula is C25H26N4O5. The van der Waals surface area contributed by atoms with Gasteiger partial charge in [-0.05, 0) is 61.0 Å². The van der Waals surface area contributed by atoms with Crippen molar-refractivity contribution in [1.29, 1.82) is 0 Å². The summed E-state index contributed by atoms with van der Waals surface area (Å²) in [5.74, 6) is -0.622. The van der Waals surface area contributed by atoms with Gasteiger partial charge in [0.15, 0.2) is 5.76 Å². The number of carbonyl (C=O) groups is 3. The number of ether oxygens (including phenoxy) is 1. The molecule has 0 unspecified atom stereocenters. The lowest BCUT2D eigenvalue weighted by atomic mass is 10.1. The van der Waals surface area contributed by atoms with Crippen LogP contribution in [0.2, 0.25) is 0 Å². The normalized spacial score (nSPS) is 13.8. The first-order valence-corrected chi connectivity index (χ1v) is 10.9. The van der Waals surface area contributed by atoms with Crippen LogP contribution in [0.5, 0.6) is 0 Å². The second kappa shape index (κ2) is 10.8. The molecule has 1 aromatic heterocycles. The van der Waals surface area contributed by atoms with E-state index in [-0.39, 0.29) is 17.6 Å². The Balaban J connectivity index is 1.34. The van der Waals surface area contributed by atoms with Crippen molar-refractivity contribution in [3.8, 4) is 0 Å². The number of benzene rings is 2. The zero-order chi connectivity index (χ0) is 23.9. The van der Waals surface area contributed by atoms with Crippen molar-refractivity contribution in [1.82, 2.24) is 4.90 Å². The predicted octanol–water partition coefficient (Wildman–Crippen LogP) is 3.36. The summed E-state index contributed by atoms with van der Waals surface area (Å²) in [6.45, 7) is 4.91. The summed E-state index contributed by atoms with van der Waals surface area (Å²) < 4.78 is 10.4. The molecule has 34 heavy (non-hydrogen) atoms. The molecule has 3 aromatic rings. The van der Waals surface area contributed by atoms with E-state index in [2.05, 4.69) is 16.0 Å². The molecule has 1 saturated heterocycles. The number of carbonyl (C=O) groups excluding carboxylic acids is 3. The van der Waals surface area contributed by atoms with Crippen LogP contribution in [0.3, 0.4) is 0 Å². The smallest absolute Gasteiger partial charge is 0.291 e. The third-order valence-electron chi connectivity index (χ3n) is 5.39. The fraction of sp³-hybridized carbons (Fsp3) is 0.240. The molecule has 0 aliphatic carbocycles. The van der Waals surface area contributed by atoms with Crippen molar-refractivity contribution in [2.24, 2.45) is 0 Å². The van der Waals surface area contributed by atoms with Crippen molar-refractivity contribution in [2.45, 2.75) is 6.92 Å². The first-order valence-electron chi connectivity index (χ1n) is 10.9. The Morgan fingerprint density at radius 1 is 0.882 bits per heavy atom. The number of furan rings is 1. The van der Waals surface area contributed by atoms with E-state index in [0.717, 1.165) is 18.7 Å². The maximum absolute atomic E-state index is 12.7. The Kier molecular flexibility index (Phi) is 7.36. The largest absolute Gasteiger partial charge is 0.459 e. The minimum atomic E-state index is -0.392. The lowest BCUT2D eigenvalue weighted by molar-refractivity contribution is -0.118. The van der Waals surface area contributed by atoms with Crippen LogP contribution in [0.15, 0.2) is 65.3 Å². The van der Waals surface area contributed by atoms with Gasteiger partial charge in [0, 0.05) is 35.7 Å². The molecule has 0 spiro atoms. The molecule has 0 saturated carbocycles. The highest BCUT2D eigenvalue weighted by Gasteiger charge is 2.15. The molecule has 1 aliphatic heterocycles. The van der Waals surface area contributed by atoms with E-state index in [1.807, 2.05) is 11.8 Å². The van der Waals surface area contributed by atoms with Crippen LogP contribution in [0.4, 0.5) is 17.1 Å². The number of nitrogens with zero attached hydrogens (tertiary/aromatic N) is 1. The summed E-state index contributed by atoms with van der Waals surface area (Å²) in [4.78, 5) is 39.3. The summed E-state index contributed by atoms with van der Waals surface area (Å²) >= 11 is 0. The molecule has 1 fully saturated rings. The van der Waals surface area contributed by atoms with E-state index in [9.17, 15) is 14.4 Å². The summed E-state index contributed by atoms with van der Waals surface area (Å²) in [6.07, 6.45) is 1.42. The van der Waals surface area contributed by atoms with Crippen LogP contribution < -0.4 is 16.0 Å².